The topological polar surface area (TPSA) is 63.2 Å². The predicted octanol–water partition coefficient (Wildman–Crippen LogP) is 4.02. The van der Waals surface area contributed by atoms with E-state index in [0.29, 0.717) is 30.9 Å². The highest BCUT2D eigenvalue weighted by Gasteiger charge is 2.31. The van der Waals surface area contributed by atoms with Gasteiger partial charge in [-0.15, -0.1) is 0 Å². The van der Waals surface area contributed by atoms with Crippen LogP contribution in [0.3, 0.4) is 0 Å². The third-order valence-corrected chi connectivity index (χ3v) is 4.99. The first kappa shape index (κ1) is 18.4. The zero-order chi connectivity index (χ0) is 19.5. The van der Waals surface area contributed by atoms with E-state index in [2.05, 4.69) is 57.4 Å². The second-order valence-electron chi connectivity index (χ2n) is 7.12. The van der Waals surface area contributed by atoms with Gasteiger partial charge < -0.3 is 15.0 Å². The molecule has 0 bridgehead atoms. The Kier molecular flexibility index (Phi) is 5.21. The van der Waals surface area contributed by atoms with E-state index in [1.54, 1.807) is 7.11 Å². The van der Waals surface area contributed by atoms with Crippen LogP contribution in [-0.2, 0) is 24.3 Å². The lowest BCUT2D eigenvalue weighted by Gasteiger charge is -2.23. The number of rotatable bonds is 6. The number of aryl methyl sites for hydroxylation is 1. The number of ether oxygens (including phenoxy) is 1. The van der Waals surface area contributed by atoms with E-state index in [1.807, 2.05) is 25.1 Å². The molecule has 0 spiro atoms. The van der Waals surface area contributed by atoms with Crippen LogP contribution in [0, 0.1) is 6.92 Å². The highest BCUT2D eigenvalue weighted by molar-refractivity contribution is 5.69. The smallest absolute Gasteiger partial charge is 0.235 e. The fourth-order valence-electron chi connectivity index (χ4n) is 3.73. The van der Waals surface area contributed by atoms with Gasteiger partial charge in [-0.25, -0.2) is 0 Å². The summed E-state index contributed by atoms with van der Waals surface area (Å²) in [5.74, 6) is 1.98. The van der Waals surface area contributed by atoms with Crippen molar-refractivity contribution < 1.29 is 4.74 Å². The molecule has 0 radical (unpaired) electrons. The third kappa shape index (κ3) is 3.68. The van der Waals surface area contributed by atoms with Crippen molar-refractivity contribution in [2.45, 2.75) is 39.5 Å². The van der Waals surface area contributed by atoms with E-state index < -0.39 is 0 Å². The van der Waals surface area contributed by atoms with Gasteiger partial charge in [0.1, 0.15) is 5.82 Å². The monoisotopic (exact) mass is 375 g/mol. The number of anilines is 3. The van der Waals surface area contributed by atoms with E-state index in [-0.39, 0.29) is 6.04 Å². The molecule has 0 fully saturated rings. The zero-order valence-electron chi connectivity index (χ0n) is 16.5. The van der Waals surface area contributed by atoms with Crippen molar-refractivity contribution in [1.82, 2.24) is 15.0 Å². The number of hydrogen-bond donors (Lipinski definition) is 1. The minimum atomic E-state index is 0.275. The average molecular weight is 375 g/mol. The van der Waals surface area contributed by atoms with Gasteiger partial charge in [-0.2, -0.15) is 15.0 Å². The minimum Gasteiger partial charge on any atom is -0.380 e. The van der Waals surface area contributed by atoms with Gasteiger partial charge in [0.2, 0.25) is 11.9 Å². The van der Waals surface area contributed by atoms with Gasteiger partial charge >= 0.3 is 0 Å². The van der Waals surface area contributed by atoms with Crippen molar-refractivity contribution in [3.63, 3.8) is 0 Å². The fourth-order valence-corrected chi connectivity index (χ4v) is 3.73. The molecule has 0 saturated heterocycles. The molecule has 1 unspecified atom stereocenters. The maximum absolute atomic E-state index is 5.37. The molecular weight excluding hydrogens is 350 g/mol. The normalized spacial score (nSPS) is 15.5. The Morgan fingerprint density at radius 1 is 1.07 bits per heavy atom. The molecule has 0 aliphatic carbocycles. The number of aromatic nitrogens is 3. The Balaban J connectivity index is 1.63. The molecule has 1 N–H and O–H groups in total. The van der Waals surface area contributed by atoms with Crippen molar-refractivity contribution in [3.05, 3.63) is 71.0 Å². The summed E-state index contributed by atoms with van der Waals surface area (Å²) in [6.45, 7) is 5.40. The van der Waals surface area contributed by atoms with Gasteiger partial charge in [0, 0.05) is 25.4 Å². The highest BCUT2D eigenvalue weighted by atomic mass is 16.5. The lowest BCUT2D eigenvalue weighted by molar-refractivity contribution is 0.184. The van der Waals surface area contributed by atoms with Crippen molar-refractivity contribution >= 4 is 17.6 Å². The van der Waals surface area contributed by atoms with Crippen molar-refractivity contribution in [2.75, 3.05) is 17.3 Å². The van der Waals surface area contributed by atoms with Crippen molar-refractivity contribution in [1.29, 1.82) is 0 Å². The molecule has 2 aromatic carbocycles. The van der Waals surface area contributed by atoms with Crippen LogP contribution in [0.1, 0.15) is 29.4 Å². The third-order valence-electron chi connectivity index (χ3n) is 4.99. The highest BCUT2D eigenvalue weighted by Crippen LogP contribution is 2.38. The number of hydrogen-bond acceptors (Lipinski definition) is 6. The molecule has 4 rings (SSSR count). The fraction of sp³-hybridized carbons (Fsp3) is 0.318. The molecule has 6 heteroatoms. The maximum atomic E-state index is 5.37. The zero-order valence-corrected chi connectivity index (χ0v) is 16.5. The predicted molar refractivity (Wildman–Crippen MR) is 111 cm³/mol. The van der Waals surface area contributed by atoms with Crippen LogP contribution in [0.25, 0.3) is 0 Å². The molecule has 1 aliphatic heterocycles. The summed E-state index contributed by atoms with van der Waals surface area (Å²) in [5, 5.41) is 3.33. The summed E-state index contributed by atoms with van der Waals surface area (Å²) in [6, 6.07) is 16.8. The number of benzene rings is 2. The average Bonchev–Trinajstić information content (AvgIpc) is 3.04. The van der Waals surface area contributed by atoms with E-state index in [4.69, 9.17) is 9.72 Å². The Bertz CT molecular complexity index is 960. The second kappa shape index (κ2) is 7.94. The molecule has 1 atom stereocenters. The summed E-state index contributed by atoms with van der Waals surface area (Å²) in [4.78, 5) is 16.0. The maximum Gasteiger partial charge on any atom is 0.235 e. The van der Waals surface area contributed by atoms with Gasteiger partial charge in [0.15, 0.2) is 0 Å². The molecule has 6 nitrogen and oxygen atoms in total. The summed E-state index contributed by atoms with van der Waals surface area (Å²) in [7, 11) is 1.73. The van der Waals surface area contributed by atoms with Crippen molar-refractivity contribution in [3.8, 4) is 0 Å². The lowest BCUT2D eigenvalue weighted by atomic mass is 10.0. The van der Waals surface area contributed by atoms with E-state index in [9.17, 15) is 0 Å². The van der Waals surface area contributed by atoms with Gasteiger partial charge in [-0.3, -0.25) is 0 Å². The number of nitrogens with zero attached hydrogens (tertiary/aromatic N) is 4. The van der Waals surface area contributed by atoms with Crippen LogP contribution in [0.2, 0.25) is 0 Å². The first-order valence-electron chi connectivity index (χ1n) is 9.55. The first-order chi connectivity index (χ1) is 13.7. The molecule has 1 aliphatic rings. The largest absolute Gasteiger partial charge is 0.380 e. The molecule has 0 amide bonds. The molecule has 28 heavy (non-hydrogen) atoms. The molecule has 1 aromatic heterocycles. The van der Waals surface area contributed by atoms with Gasteiger partial charge in [-0.1, -0.05) is 42.5 Å². The Labute approximate surface area is 165 Å². The van der Waals surface area contributed by atoms with Crippen molar-refractivity contribution in [2.24, 2.45) is 0 Å². The minimum absolute atomic E-state index is 0.275. The molecule has 144 valence electrons. The summed E-state index contributed by atoms with van der Waals surface area (Å²) in [6.07, 6.45) is 0.951. The van der Waals surface area contributed by atoms with Gasteiger partial charge in [-0.05, 0) is 43.0 Å². The standard InChI is InChI=1S/C22H25N5O/c1-15-12-19-18(14-28-3)10-7-11-20(19)27(15)22-25-16(2)24-21(26-22)23-13-17-8-5-4-6-9-17/h4-11,15H,12-14H2,1-3H3,(H,23,24,25,26). The first-order valence-corrected chi connectivity index (χ1v) is 9.55. The molecule has 2 heterocycles. The lowest BCUT2D eigenvalue weighted by Crippen LogP contribution is -2.26. The van der Waals surface area contributed by atoms with Gasteiger partial charge in [0.05, 0.1) is 6.61 Å². The van der Waals surface area contributed by atoms with Crippen LogP contribution in [-0.4, -0.2) is 28.1 Å². The Morgan fingerprint density at radius 2 is 1.89 bits per heavy atom. The Hall–Kier alpha value is -2.99. The van der Waals surface area contributed by atoms with Crippen LogP contribution in [0.4, 0.5) is 17.6 Å². The summed E-state index contributed by atoms with van der Waals surface area (Å²) < 4.78 is 5.37. The molecule has 0 saturated carbocycles. The Morgan fingerprint density at radius 3 is 2.68 bits per heavy atom. The number of nitrogens with one attached hydrogen (secondary N) is 1. The van der Waals surface area contributed by atoms with Crippen LogP contribution in [0.15, 0.2) is 48.5 Å². The number of methoxy groups -OCH3 is 1. The van der Waals surface area contributed by atoms with Crippen LogP contribution < -0.4 is 10.2 Å². The quantitative estimate of drug-likeness (QED) is 0.702. The van der Waals surface area contributed by atoms with Gasteiger partial charge in [0.25, 0.3) is 0 Å². The molecular formula is C22H25N5O. The van der Waals surface area contributed by atoms with Crippen LogP contribution in [0.5, 0.6) is 0 Å². The molecule has 3 aromatic rings. The SMILES string of the molecule is COCc1cccc2c1CC(C)N2c1nc(C)nc(NCc2ccccc2)n1. The van der Waals surface area contributed by atoms with E-state index >= 15 is 0 Å². The van der Waals surface area contributed by atoms with E-state index in [0.717, 1.165) is 12.1 Å². The summed E-state index contributed by atoms with van der Waals surface area (Å²) in [5.41, 5.74) is 4.88. The second-order valence-corrected chi connectivity index (χ2v) is 7.12. The van der Waals surface area contributed by atoms with E-state index in [1.165, 1.54) is 16.7 Å². The summed E-state index contributed by atoms with van der Waals surface area (Å²) >= 11 is 0. The van der Waals surface area contributed by atoms with Crippen LogP contribution >= 0.6 is 0 Å². The number of fused-ring (bicyclic) bond motifs is 1.